The van der Waals surface area contributed by atoms with E-state index < -0.39 is 16.0 Å². The molecule has 0 saturated carbocycles. The Morgan fingerprint density at radius 3 is 2.54 bits per heavy atom. The van der Waals surface area contributed by atoms with Gasteiger partial charge in [-0.05, 0) is 56.8 Å². The van der Waals surface area contributed by atoms with Gasteiger partial charge in [-0.1, -0.05) is 18.5 Å². The van der Waals surface area contributed by atoms with E-state index in [0.29, 0.717) is 27.7 Å². The van der Waals surface area contributed by atoms with Crippen molar-refractivity contribution in [3.05, 3.63) is 32.5 Å². The highest BCUT2D eigenvalue weighted by molar-refractivity contribution is 7.91. The Labute approximate surface area is 219 Å². The van der Waals surface area contributed by atoms with Crippen LogP contribution in [-0.4, -0.2) is 62.3 Å². The van der Waals surface area contributed by atoms with Crippen molar-refractivity contribution in [2.24, 2.45) is 5.92 Å². The van der Waals surface area contributed by atoms with Crippen LogP contribution in [0.15, 0.2) is 16.3 Å². The van der Waals surface area contributed by atoms with Gasteiger partial charge in [-0.25, -0.2) is 13.2 Å². The molecule has 1 saturated heterocycles. The SMILES string of the molecule is CCCN1CCc2c(sc(NC(=O)C3CCN(S(=O)(=O)c4ccc(Cl)s4)CC3)c2C(=O)OCC)C1. The Morgan fingerprint density at radius 2 is 1.91 bits per heavy atom. The lowest BCUT2D eigenvalue weighted by Crippen LogP contribution is -2.41. The summed E-state index contributed by atoms with van der Waals surface area (Å²) >= 11 is 8.39. The van der Waals surface area contributed by atoms with Crippen LogP contribution in [-0.2, 0) is 32.5 Å². The van der Waals surface area contributed by atoms with Crippen LogP contribution in [0.1, 0.15) is 53.9 Å². The van der Waals surface area contributed by atoms with Crippen molar-refractivity contribution < 1.29 is 22.7 Å². The Kier molecular flexibility index (Phi) is 8.55. The highest BCUT2D eigenvalue weighted by Gasteiger charge is 2.35. The molecule has 0 unspecified atom stereocenters. The predicted octanol–water partition coefficient (Wildman–Crippen LogP) is 4.45. The zero-order valence-corrected chi connectivity index (χ0v) is 23.0. The van der Waals surface area contributed by atoms with Crippen LogP contribution in [0.5, 0.6) is 0 Å². The molecule has 2 aliphatic rings. The van der Waals surface area contributed by atoms with Crippen LogP contribution in [0.2, 0.25) is 4.34 Å². The minimum absolute atomic E-state index is 0.184. The molecule has 192 valence electrons. The zero-order chi connectivity index (χ0) is 25.2. The second kappa shape index (κ2) is 11.3. The van der Waals surface area contributed by atoms with Crippen molar-refractivity contribution in [3.63, 3.8) is 0 Å². The third kappa shape index (κ3) is 5.75. The van der Waals surface area contributed by atoms with E-state index in [4.69, 9.17) is 16.3 Å². The van der Waals surface area contributed by atoms with E-state index in [-0.39, 0.29) is 35.7 Å². The summed E-state index contributed by atoms with van der Waals surface area (Å²) in [5.74, 6) is -0.922. The van der Waals surface area contributed by atoms with Crippen LogP contribution in [0.3, 0.4) is 0 Å². The van der Waals surface area contributed by atoms with E-state index in [1.54, 1.807) is 13.0 Å². The summed E-state index contributed by atoms with van der Waals surface area (Å²) in [4.78, 5) is 29.4. The molecule has 0 bridgehead atoms. The molecular weight excluding hydrogens is 530 g/mol. The van der Waals surface area contributed by atoms with Crippen LogP contribution >= 0.6 is 34.3 Å². The van der Waals surface area contributed by atoms with Crippen molar-refractivity contribution in [3.8, 4) is 0 Å². The maximum Gasteiger partial charge on any atom is 0.341 e. The summed E-state index contributed by atoms with van der Waals surface area (Å²) in [6.07, 6.45) is 2.63. The summed E-state index contributed by atoms with van der Waals surface area (Å²) in [5.41, 5.74) is 1.46. The molecule has 35 heavy (non-hydrogen) atoms. The molecule has 8 nitrogen and oxygen atoms in total. The topological polar surface area (TPSA) is 96.0 Å². The number of hydrogen-bond donors (Lipinski definition) is 1. The number of ether oxygens (including phenoxy) is 1. The number of thiophene rings is 2. The third-order valence-electron chi connectivity index (χ3n) is 6.36. The molecule has 1 N–H and O–H groups in total. The van der Waals surface area contributed by atoms with Gasteiger partial charge in [0.2, 0.25) is 5.91 Å². The number of nitrogens with one attached hydrogen (secondary N) is 1. The molecule has 12 heteroatoms. The number of piperidine rings is 1. The highest BCUT2D eigenvalue weighted by Crippen LogP contribution is 2.38. The van der Waals surface area contributed by atoms with Gasteiger partial charge >= 0.3 is 5.97 Å². The number of hydrogen-bond acceptors (Lipinski definition) is 8. The second-order valence-electron chi connectivity index (χ2n) is 8.68. The van der Waals surface area contributed by atoms with Gasteiger partial charge in [-0.3, -0.25) is 9.69 Å². The van der Waals surface area contributed by atoms with Crippen molar-refractivity contribution in [2.75, 3.05) is 38.1 Å². The van der Waals surface area contributed by atoms with Gasteiger partial charge in [0.25, 0.3) is 10.0 Å². The Bertz CT molecular complexity index is 1190. The number of fused-ring (bicyclic) bond motifs is 1. The van der Waals surface area contributed by atoms with E-state index in [1.165, 1.54) is 21.7 Å². The van der Waals surface area contributed by atoms with E-state index in [2.05, 4.69) is 17.1 Å². The normalized spacial score (nSPS) is 17.8. The first-order chi connectivity index (χ1) is 16.7. The third-order valence-corrected chi connectivity index (χ3v) is 11.1. The van der Waals surface area contributed by atoms with Crippen LogP contribution in [0.25, 0.3) is 0 Å². The molecule has 0 aliphatic carbocycles. The number of rotatable bonds is 8. The Hall–Kier alpha value is -1.50. The van der Waals surface area contributed by atoms with Crippen molar-refractivity contribution in [2.45, 2.75) is 50.3 Å². The molecule has 0 aromatic carbocycles. The van der Waals surface area contributed by atoms with Crippen molar-refractivity contribution >= 4 is 61.2 Å². The summed E-state index contributed by atoms with van der Waals surface area (Å²) in [5, 5.41) is 3.53. The van der Waals surface area contributed by atoms with Crippen molar-refractivity contribution in [1.82, 2.24) is 9.21 Å². The highest BCUT2D eigenvalue weighted by atomic mass is 35.5. The Balaban J connectivity index is 1.46. The number of carbonyl (C=O) groups is 2. The fraction of sp³-hybridized carbons (Fsp3) is 0.565. The average molecular weight is 560 g/mol. The molecule has 4 rings (SSSR count). The zero-order valence-electron chi connectivity index (χ0n) is 19.8. The lowest BCUT2D eigenvalue weighted by atomic mass is 9.97. The maximum absolute atomic E-state index is 13.2. The molecular formula is C23H30ClN3O5S3. The number of esters is 1. The van der Waals surface area contributed by atoms with E-state index in [0.717, 1.165) is 54.3 Å². The van der Waals surface area contributed by atoms with Crippen LogP contribution in [0.4, 0.5) is 5.00 Å². The first kappa shape index (κ1) is 26.6. The van der Waals surface area contributed by atoms with Gasteiger partial charge in [-0.15, -0.1) is 22.7 Å². The molecule has 4 heterocycles. The van der Waals surface area contributed by atoms with Gasteiger partial charge in [0.05, 0.1) is 16.5 Å². The summed E-state index contributed by atoms with van der Waals surface area (Å²) in [7, 11) is -3.61. The second-order valence-corrected chi connectivity index (χ2v) is 13.7. The molecule has 2 aromatic rings. The standard InChI is InChI=1S/C23H30ClN3O5S3/c1-3-10-26-11-9-16-17(14-26)33-22(20(16)23(29)32-4-2)25-21(28)15-7-12-27(13-8-15)35(30,31)19-6-5-18(24)34-19/h5-6,15H,3-4,7-14H2,1-2H3,(H,25,28). The van der Waals surface area contributed by atoms with Gasteiger partial charge in [0.1, 0.15) is 9.21 Å². The number of amides is 1. The number of sulfonamides is 1. The molecule has 2 aliphatic heterocycles. The minimum atomic E-state index is -3.61. The number of nitrogens with zero attached hydrogens (tertiary/aromatic N) is 2. The first-order valence-electron chi connectivity index (χ1n) is 11.8. The quantitative estimate of drug-likeness (QED) is 0.480. The molecule has 0 radical (unpaired) electrons. The van der Waals surface area contributed by atoms with Crippen molar-refractivity contribution in [1.29, 1.82) is 0 Å². The fourth-order valence-electron chi connectivity index (χ4n) is 4.61. The smallest absolute Gasteiger partial charge is 0.341 e. The number of carbonyl (C=O) groups excluding carboxylic acids is 2. The largest absolute Gasteiger partial charge is 0.462 e. The van der Waals surface area contributed by atoms with Gasteiger partial charge in [0.15, 0.2) is 0 Å². The van der Waals surface area contributed by atoms with E-state index in [9.17, 15) is 18.0 Å². The van der Waals surface area contributed by atoms with Crippen LogP contribution < -0.4 is 5.32 Å². The predicted molar refractivity (Wildman–Crippen MR) is 139 cm³/mol. The lowest BCUT2D eigenvalue weighted by molar-refractivity contribution is -0.120. The molecule has 1 amide bonds. The molecule has 0 spiro atoms. The van der Waals surface area contributed by atoms with Gasteiger partial charge in [-0.2, -0.15) is 4.31 Å². The monoisotopic (exact) mass is 559 g/mol. The maximum atomic E-state index is 13.2. The average Bonchev–Trinajstić information content (AvgIpc) is 3.43. The minimum Gasteiger partial charge on any atom is -0.462 e. The summed E-state index contributed by atoms with van der Waals surface area (Å²) < 4.78 is 33.1. The Morgan fingerprint density at radius 1 is 1.17 bits per heavy atom. The molecule has 1 fully saturated rings. The van der Waals surface area contributed by atoms with E-state index in [1.807, 2.05) is 0 Å². The van der Waals surface area contributed by atoms with E-state index >= 15 is 0 Å². The first-order valence-corrected chi connectivity index (χ1v) is 15.3. The number of halogens is 1. The summed E-state index contributed by atoms with van der Waals surface area (Å²) in [6, 6.07) is 3.08. The number of anilines is 1. The molecule has 0 atom stereocenters. The summed E-state index contributed by atoms with van der Waals surface area (Å²) in [6.45, 7) is 7.32. The van der Waals surface area contributed by atoms with Crippen LogP contribution in [0, 0.1) is 5.92 Å². The molecule has 2 aromatic heterocycles. The lowest BCUT2D eigenvalue weighted by Gasteiger charge is -2.30. The van der Waals surface area contributed by atoms with Gasteiger partial charge < -0.3 is 10.1 Å². The van der Waals surface area contributed by atoms with Gasteiger partial charge in [0, 0.05) is 37.0 Å². The fourth-order valence-corrected chi connectivity index (χ4v) is 8.99.